The molecule has 0 radical (unpaired) electrons. The summed E-state index contributed by atoms with van der Waals surface area (Å²) in [5.41, 5.74) is 2.43. The average Bonchev–Trinajstić information content (AvgIpc) is 3.43. The van der Waals surface area contributed by atoms with Gasteiger partial charge in [0.2, 0.25) is 5.89 Å². The summed E-state index contributed by atoms with van der Waals surface area (Å²) in [6.07, 6.45) is 0.637. The van der Waals surface area contributed by atoms with Gasteiger partial charge in [-0.1, -0.05) is 41.6 Å². The van der Waals surface area contributed by atoms with Crippen LogP contribution in [0.4, 0.5) is 0 Å². The van der Waals surface area contributed by atoms with Crippen molar-refractivity contribution >= 4 is 17.2 Å². The van der Waals surface area contributed by atoms with Gasteiger partial charge in [0.15, 0.2) is 11.5 Å². The van der Waals surface area contributed by atoms with E-state index in [4.69, 9.17) is 4.52 Å². The quantitative estimate of drug-likeness (QED) is 0.564. The molecule has 1 amide bonds. The summed E-state index contributed by atoms with van der Waals surface area (Å²) in [6.45, 7) is 1.12. The minimum Gasteiger partial charge on any atom is -0.339 e. The van der Waals surface area contributed by atoms with Crippen LogP contribution in [0.2, 0.25) is 0 Å². The Morgan fingerprint density at radius 3 is 2.86 bits per heavy atom. The lowest BCUT2D eigenvalue weighted by atomic mass is 9.99. The smallest absolute Gasteiger partial charge is 0.274 e. The third-order valence-electron chi connectivity index (χ3n) is 4.79. The van der Waals surface area contributed by atoms with Crippen molar-refractivity contribution in [3.05, 3.63) is 76.9 Å². The Bertz CT molecular complexity index is 1080. The summed E-state index contributed by atoms with van der Waals surface area (Å²) in [5.74, 6) is 1.26. The highest BCUT2D eigenvalue weighted by Gasteiger charge is 2.36. The number of carbonyl (C=O) groups excluding carboxylic acids is 1. The summed E-state index contributed by atoms with van der Waals surface area (Å²) in [7, 11) is 0. The third kappa shape index (κ3) is 3.22. The Balaban J connectivity index is 1.20. The van der Waals surface area contributed by atoms with Gasteiger partial charge in [-0.3, -0.25) is 9.89 Å². The predicted octanol–water partition coefficient (Wildman–Crippen LogP) is 3.35. The fourth-order valence-electron chi connectivity index (χ4n) is 3.24. The number of amides is 1. The van der Waals surface area contributed by atoms with Crippen LogP contribution in [0.5, 0.6) is 0 Å². The van der Waals surface area contributed by atoms with Crippen molar-refractivity contribution in [3.8, 4) is 10.6 Å². The van der Waals surface area contributed by atoms with E-state index in [0.29, 0.717) is 36.9 Å². The molecule has 3 aromatic heterocycles. The third-order valence-corrected chi connectivity index (χ3v) is 5.69. The molecule has 0 aliphatic carbocycles. The van der Waals surface area contributed by atoms with Gasteiger partial charge in [-0.05, 0) is 23.1 Å². The number of aromatic nitrogens is 4. The van der Waals surface area contributed by atoms with Crippen LogP contribution in [0.25, 0.3) is 10.6 Å². The van der Waals surface area contributed by atoms with Crippen molar-refractivity contribution in [1.82, 2.24) is 25.2 Å². The molecule has 1 aliphatic rings. The van der Waals surface area contributed by atoms with Crippen LogP contribution < -0.4 is 0 Å². The number of likely N-dealkylation sites (tertiary alicyclic amines) is 1. The van der Waals surface area contributed by atoms with E-state index in [1.165, 1.54) is 0 Å². The first-order valence-electron chi connectivity index (χ1n) is 9.01. The fraction of sp³-hybridized carbons (Fsp3) is 0.200. The van der Waals surface area contributed by atoms with E-state index < -0.39 is 0 Å². The number of thiophene rings is 1. The summed E-state index contributed by atoms with van der Waals surface area (Å²) in [5, 5.41) is 13.2. The van der Waals surface area contributed by atoms with Gasteiger partial charge in [0, 0.05) is 19.5 Å². The SMILES string of the molecule is O=C(c1cc(-c2cccs2)[nH]n1)N1CC(c2nc(Cc3ccccc3)no2)C1. The molecule has 5 rings (SSSR count). The minimum absolute atomic E-state index is 0.0803. The normalized spacial score (nSPS) is 14.2. The van der Waals surface area contributed by atoms with E-state index in [2.05, 4.69) is 20.3 Å². The first kappa shape index (κ1) is 16.9. The molecule has 0 spiro atoms. The molecule has 4 heterocycles. The number of hydrogen-bond acceptors (Lipinski definition) is 6. The maximum atomic E-state index is 12.6. The molecule has 7 nitrogen and oxygen atoms in total. The molecule has 140 valence electrons. The lowest BCUT2D eigenvalue weighted by Crippen LogP contribution is -2.48. The topological polar surface area (TPSA) is 87.9 Å². The lowest BCUT2D eigenvalue weighted by molar-refractivity contribution is 0.0563. The Morgan fingerprint density at radius 2 is 2.07 bits per heavy atom. The molecule has 0 saturated carbocycles. The van der Waals surface area contributed by atoms with Crippen molar-refractivity contribution in [2.45, 2.75) is 12.3 Å². The molecule has 0 bridgehead atoms. The van der Waals surface area contributed by atoms with Gasteiger partial charge in [-0.2, -0.15) is 10.1 Å². The van der Waals surface area contributed by atoms with Gasteiger partial charge in [0.05, 0.1) is 16.5 Å². The minimum atomic E-state index is -0.0840. The average molecular weight is 391 g/mol. The van der Waals surface area contributed by atoms with Gasteiger partial charge in [-0.25, -0.2) is 0 Å². The highest BCUT2D eigenvalue weighted by molar-refractivity contribution is 7.13. The molecule has 8 heteroatoms. The zero-order valence-corrected chi connectivity index (χ0v) is 15.7. The van der Waals surface area contributed by atoms with Gasteiger partial charge in [0.1, 0.15) is 0 Å². The summed E-state index contributed by atoms with van der Waals surface area (Å²) in [4.78, 5) is 19.9. The Morgan fingerprint density at radius 1 is 1.21 bits per heavy atom. The van der Waals surface area contributed by atoms with Crippen LogP contribution in [-0.4, -0.2) is 44.2 Å². The van der Waals surface area contributed by atoms with E-state index in [-0.39, 0.29) is 11.8 Å². The van der Waals surface area contributed by atoms with Gasteiger partial charge in [0.25, 0.3) is 5.91 Å². The van der Waals surface area contributed by atoms with Crippen LogP contribution in [0, 0.1) is 0 Å². The first-order chi connectivity index (χ1) is 13.8. The Kier molecular flexibility index (Phi) is 4.25. The van der Waals surface area contributed by atoms with Crippen molar-refractivity contribution in [3.63, 3.8) is 0 Å². The second-order valence-electron chi connectivity index (χ2n) is 6.76. The molecule has 0 unspecified atom stereocenters. The summed E-state index contributed by atoms with van der Waals surface area (Å²) >= 11 is 1.61. The van der Waals surface area contributed by atoms with Crippen LogP contribution >= 0.6 is 11.3 Å². The number of aromatic amines is 1. The Labute approximate surface area is 165 Å². The van der Waals surface area contributed by atoms with Crippen LogP contribution in [0.1, 0.15) is 33.7 Å². The molecule has 1 aliphatic heterocycles. The van der Waals surface area contributed by atoms with E-state index in [0.717, 1.165) is 16.1 Å². The highest BCUT2D eigenvalue weighted by atomic mass is 32.1. The Hall–Kier alpha value is -3.26. The van der Waals surface area contributed by atoms with Crippen LogP contribution in [0.3, 0.4) is 0 Å². The predicted molar refractivity (Wildman–Crippen MR) is 104 cm³/mol. The zero-order chi connectivity index (χ0) is 18.9. The molecule has 1 saturated heterocycles. The number of benzene rings is 1. The van der Waals surface area contributed by atoms with E-state index >= 15 is 0 Å². The van der Waals surface area contributed by atoms with Crippen LogP contribution in [-0.2, 0) is 6.42 Å². The lowest BCUT2D eigenvalue weighted by Gasteiger charge is -2.36. The molecule has 28 heavy (non-hydrogen) atoms. The van der Waals surface area contributed by atoms with Gasteiger partial charge < -0.3 is 9.42 Å². The molecule has 4 aromatic rings. The first-order valence-corrected chi connectivity index (χ1v) is 9.89. The molecule has 1 aromatic carbocycles. The molecule has 1 N–H and O–H groups in total. The number of carbonyl (C=O) groups is 1. The van der Waals surface area contributed by atoms with Crippen LogP contribution in [0.15, 0.2) is 58.4 Å². The second kappa shape index (κ2) is 7.05. The number of nitrogens with one attached hydrogen (secondary N) is 1. The van der Waals surface area contributed by atoms with Crippen molar-refractivity contribution in [2.75, 3.05) is 13.1 Å². The van der Waals surface area contributed by atoms with Crippen molar-refractivity contribution < 1.29 is 9.32 Å². The second-order valence-corrected chi connectivity index (χ2v) is 7.71. The monoisotopic (exact) mass is 391 g/mol. The summed E-state index contributed by atoms with van der Waals surface area (Å²) < 4.78 is 5.41. The van der Waals surface area contributed by atoms with Crippen molar-refractivity contribution in [2.24, 2.45) is 0 Å². The molecular weight excluding hydrogens is 374 g/mol. The summed E-state index contributed by atoms with van der Waals surface area (Å²) in [6, 6.07) is 15.8. The molecular formula is C20H17N5O2S. The largest absolute Gasteiger partial charge is 0.339 e. The maximum Gasteiger partial charge on any atom is 0.274 e. The fourth-order valence-corrected chi connectivity index (χ4v) is 3.93. The molecule has 0 atom stereocenters. The van der Waals surface area contributed by atoms with E-state index in [9.17, 15) is 4.79 Å². The maximum absolute atomic E-state index is 12.6. The standard InChI is InChI=1S/C20H17N5O2S/c26-20(16-10-15(22-23-16)17-7-4-8-28-17)25-11-14(12-25)19-21-18(24-27-19)9-13-5-2-1-3-6-13/h1-8,10,14H,9,11-12H2,(H,22,23). The number of rotatable bonds is 5. The van der Waals surface area contributed by atoms with Gasteiger partial charge >= 0.3 is 0 Å². The van der Waals surface area contributed by atoms with Gasteiger partial charge in [-0.15, -0.1) is 11.3 Å². The number of hydrogen-bond donors (Lipinski definition) is 1. The van der Waals surface area contributed by atoms with Crippen molar-refractivity contribution in [1.29, 1.82) is 0 Å². The number of nitrogens with zero attached hydrogens (tertiary/aromatic N) is 4. The van der Waals surface area contributed by atoms with E-state index in [1.54, 1.807) is 22.3 Å². The highest BCUT2D eigenvalue weighted by Crippen LogP contribution is 2.28. The van der Waals surface area contributed by atoms with E-state index in [1.807, 2.05) is 47.8 Å². The molecule has 1 fully saturated rings. The zero-order valence-electron chi connectivity index (χ0n) is 14.9. The number of H-pyrrole nitrogens is 1.